The number of hydrogen-bond acceptors (Lipinski definition) is 2. The molecule has 2 aromatic carbocycles. The molecule has 2 aromatic rings. The Morgan fingerprint density at radius 3 is 2.38 bits per heavy atom. The van der Waals surface area contributed by atoms with Crippen LogP contribution < -0.4 is 16.4 Å². The summed E-state index contributed by atoms with van der Waals surface area (Å²) < 4.78 is 25.9. The molecule has 126 valence electrons. The quantitative estimate of drug-likeness (QED) is 0.758. The van der Waals surface area contributed by atoms with E-state index in [-0.39, 0.29) is 18.8 Å². The molecule has 7 heteroatoms. The molecular formula is C17H17F2N3O2. The Kier molecular flexibility index (Phi) is 5.83. The topological polar surface area (TPSA) is 84.2 Å². The lowest BCUT2D eigenvalue weighted by atomic mass is 9.98. The molecule has 0 radical (unpaired) electrons. The minimum absolute atomic E-state index is 0.00780. The number of primary amides is 1. The van der Waals surface area contributed by atoms with Gasteiger partial charge in [0.1, 0.15) is 11.6 Å². The summed E-state index contributed by atoms with van der Waals surface area (Å²) in [7, 11) is 0. The van der Waals surface area contributed by atoms with Gasteiger partial charge in [0.05, 0.1) is 5.92 Å². The van der Waals surface area contributed by atoms with Gasteiger partial charge in [0.15, 0.2) is 0 Å². The average Bonchev–Trinajstić information content (AvgIpc) is 2.53. The van der Waals surface area contributed by atoms with Gasteiger partial charge in [-0.05, 0) is 42.3 Å². The first-order valence-electron chi connectivity index (χ1n) is 7.28. The normalized spacial score (nSPS) is 11.6. The third-order valence-electron chi connectivity index (χ3n) is 3.39. The third-order valence-corrected chi connectivity index (χ3v) is 3.39. The van der Waals surface area contributed by atoms with Crippen LogP contribution in [0.2, 0.25) is 0 Å². The molecule has 0 fully saturated rings. The van der Waals surface area contributed by atoms with Crippen molar-refractivity contribution in [3.8, 4) is 0 Å². The highest BCUT2D eigenvalue weighted by Crippen LogP contribution is 2.11. The van der Waals surface area contributed by atoms with Crippen molar-refractivity contribution in [1.29, 1.82) is 0 Å². The number of anilines is 1. The third kappa shape index (κ3) is 5.35. The lowest BCUT2D eigenvalue weighted by Crippen LogP contribution is -2.39. The molecule has 0 bridgehead atoms. The summed E-state index contributed by atoms with van der Waals surface area (Å²) in [6.07, 6.45) is 0.274. The number of benzene rings is 2. The van der Waals surface area contributed by atoms with Crippen LogP contribution in [-0.4, -0.2) is 18.5 Å². The average molecular weight is 333 g/mol. The van der Waals surface area contributed by atoms with Crippen LogP contribution in [0.1, 0.15) is 5.56 Å². The molecule has 4 N–H and O–H groups in total. The lowest BCUT2D eigenvalue weighted by Gasteiger charge is -2.15. The van der Waals surface area contributed by atoms with Crippen LogP contribution >= 0.6 is 0 Å². The largest absolute Gasteiger partial charge is 0.369 e. The summed E-state index contributed by atoms with van der Waals surface area (Å²) in [6.45, 7) is 0.00780. The predicted octanol–water partition coefficient (Wildman–Crippen LogP) is 2.43. The maximum absolute atomic E-state index is 13.0. The summed E-state index contributed by atoms with van der Waals surface area (Å²) in [5, 5.41) is 4.97. The van der Waals surface area contributed by atoms with Crippen LogP contribution in [0.3, 0.4) is 0 Å². The second-order valence-electron chi connectivity index (χ2n) is 5.28. The molecule has 24 heavy (non-hydrogen) atoms. The van der Waals surface area contributed by atoms with Gasteiger partial charge in [0.25, 0.3) is 0 Å². The molecule has 0 aliphatic carbocycles. The number of halogens is 2. The van der Waals surface area contributed by atoms with Gasteiger partial charge in [-0.1, -0.05) is 18.2 Å². The number of nitrogens with one attached hydrogen (secondary N) is 2. The van der Waals surface area contributed by atoms with Crippen molar-refractivity contribution >= 4 is 17.6 Å². The van der Waals surface area contributed by atoms with Gasteiger partial charge in [-0.2, -0.15) is 0 Å². The molecule has 0 saturated heterocycles. The molecule has 0 saturated carbocycles. The zero-order valence-corrected chi connectivity index (χ0v) is 12.8. The minimum Gasteiger partial charge on any atom is -0.369 e. The first kappa shape index (κ1) is 17.4. The van der Waals surface area contributed by atoms with Gasteiger partial charge in [0.2, 0.25) is 5.91 Å². The fraction of sp³-hybridized carbons (Fsp3) is 0.176. The highest BCUT2D eigenvalue weighted by molar-refractivity contribution is 5.89. The number of nitrogens with two attached hydrogens (primary N) is 1. The smallest absolute Gasteiger partial charge is 0.319 e. The van der Waals surface area contributed by atoms with Crippen LogP contribution in [0.4, 0.5) is 19.3 Å². The van der Waals surface area contributed by atoms with E-state index in [1.807, 2.05) is 0 Å². The number of urea groups is 1. The monoisotopic (exact) mass is 333 g/mol. The van der Waals surface area contributed by atoms with Gasteiger partial charge in [-0.15, -0.1) is 0 Å². The standard InChI is InChI=1S/C17H17F2N3O2/c18-13-6-4-11(5-7-13)8-12(16(20)23)10-21-17(24)22-15-3-1-2-14(19)9-15/h1-7,9,12H,8,10H2,(H2,20,23)(H2,21,22,24)/t12-/m0/s1. The van der Waals surface area contributed by atoms with E-state index in [1.54, 1.807) is 12.1 Å². The van der Waals surface area contributed by atoms with E-state index in [1.165, 1.54) is 36.4 Å². The van der Waals surface area contributed by atoms with Gasteiger partial charge in [-0.25, -0.2) is 13.6 Å². The Hall–Kier alpha value is -2.96. The number of hydrogen-bond donors (Lipinski definition) is 3. The number of rotatable bonds is 6. The Balaban J connectivity index is 1.90. The van der Waals surface area contributed by atoms with Gasteiger partial charge in [-0.3, -0.25) is 4.79 Å². The van der Waals surface area contributed by atoms with Crippen LogP contribution in [0.15, 0.2) is 48.5 Å². The van der Waals surface area contributed by atoms with Crippen molar-refractivity contribution in [2.24, 2.45) is 11.7 Å². The maximum Gasteiger partial charge on any atom is 0.319 e. The summed E-state index contributed by atoms with van der Waals surface area (Å²) in [5.41, 5.74) is 6.36. The molecule has 3 amide bonds. The fourth-order valence-electron chi connectivity index (χ4n) is 2.14. The molecule has 0 aliphatic rings. The molecule has 0 aromatic heterocycles. The number of amides is 3. The Morgan fingerprint density at radius 1 is 1.04 bits per heavy atom. The van der Waals surface area contributed by atoms with E-state index >= 15 is 0 Å². The SMILES string of the molecule is NC(=O)[C@H](CNC(=O)Nc1cccc(F)c1)Cc1ccc(F)cc1. The van der Waals surface area contributed by atoms with Crippen molar-refractivity contribution < 1.29 is 18.4 Å². The van der Waals surface area contributed by atoms with Gasteiger partial charge in [0, 0.05) is 12.2 Å². The highest BCUT2D eigenvalue weighted by Gasteiger charge is 2.17. The van der Waals surface area contributed by atoms with Crippen molar-refractivity contribution in [1.82, 2.24) is 5.32 Å². The van der Waals surface area contributed by atoms with E-state index < -0.39 is 23.7 Å². The Bertz CT molecular complexity index is 720. The van der Waals surface area contributed by atoms with Crippen LogP contribution in [0.5, 0.6) is 0 Å². The summed E-state index contributed by atoms with van der Waals surface area (Å²) >= 11 is 0. The summed E-state index contributed by atoms with van der Waals surface area (Å²) in [5.74, 6) is -2.07. The molecular weight excluding hydrogens is 316 g/mol. The van der Waals surface area contributed by atoms with E-state index in [0.29, 0.717) is 5.69 Å². The van der Waals surface area contributed by atoms with Crippen molar-refractivity contribution in [2.45, 2.75) is 6.42 Å². The van der Waals surface area contributed by atoms with Crippen LogP contribution in [-0.2, 0) is 11.2 Å². The second kappa shape index (κ2) is 8.05. The van der Waals surface area contributed by atoms with Crippen molar-refractivity contribution in [3.05, 3.63) is 65.7 Å². The van der Waals surface area contributed by atoms with Gasteiger partial charge < -0.3 is 16.4 Å². The van der Waals surface area contributed by atoms with Gasteiger partial charge >= 0.3 is 6.03 Å². The van der Waals surface area contributed by atoms with E-state index in [4.69, 9.17) is 5.73 Å². The first-order chi connectivity index (χ1) is 11.4. The Morgan fingerprint density at radius 2 is 1.75 bits per heavy atom. The van der Waals surface area contributed by atoms with Crippen LogP contribution in [0, 0.1) is 17.6 Å². The highest BCUT2D eigenvalue weighted by atomic mass is 19.1. The lowest BCUT2D eigenvalue weighted by molar-refractivity contribution is -0.121. The molecule has 5 nitrogen and oxygen atoms in total. The molecule has 0 aliphatic heterocycles. The number of carbonyl (C=O) groups excluding carboxylic acids is 2. The van der Waals surface area contributed by atoms with E-state index in [0.717, 1.165) is 5.56 Å². The summed E-state index contributed by atoms with van der Waals surface area (Å²) in [4.78, 5) is 23.3. The second-order valence-corrected chi connectivity index (χ2v) is 5.28. The Labute approximate surface area is 137 Å². The van der Waals surface area contributed by atoms with Crippen LogP contribution in [0.25, 0.3) is 0 Å². The zero-order chi connectivity index (χ0) is 17.5. The fourth-order valence-corrected chi connectivity index (χ4v) is 2.14. The molecule has 0 spiro atoms. The van der Waals surface area contributed by atoms with Crippen molar-refractivity contribution in [3.63, 3.8) is 0 Å². The van der Waals surface area contributed by atoms with E-state index in [2.05, 4.69) is 10.6 Å². The first-order valence-corrected chi connectivity index (χ1v) is 7.28. The molecule has 1 atom stereocenters. The molecule has 0 heterocycles. The summed E-state index contributed by atoms with van der Waals surface area (Å²) in [6, 6.07) is 10.5. The zero-order valence-electron chi connectivity index (χ0n) is 12.8. The predicted molar refractivity (Wildman–Crippen MR) is 86.2 cm³/mol. The van der Waals surface area contributed by atoms with Crippen molar-refractivity contribution in [2.75, 3.05) is 11.9 Å². The molecule has 0 unspecified atom stereocenters. The number of carbonyl (C=O) groups is 2. The molecule has 2 rings (SSSR count). The maximum atomic E-state index is 13.0. The minimum atomic E-state index is -0.645. The van der Waals surface area contributed by atoms with E-state index in [9.17, 15) is 18.4 Å².